The van der Waals surface area contributed by atoms with Crippen LogP contribution in [-0.4, -0.2) is 30.3 Å². The van der Waals surface area contributed by atoms with Gasteiger partial charge in [0.2, 0.25) is 5.78 Å². The molecular weight excluding hydrogens is 390 g/mol. The largest absolute Gasteiger partial charge is 0.456 e. The maximum absolute atomic E-state index is 12.8. The topological polar surface area (TPSA) is 72.5 Å². The van der Waals surface area contributed by atoms with Gasteiger partial charge in [-0.25, -0.2) is 4.79 Å². The second-order valence-corrected chi connectivity index (χ2v) is 7.43. The average molecular weight is 415 g/mol. The van der Waals surface area contributed by atoms with Crippen molar-refractivity contribution >= 4 is 17.7 Å². The molecule has 158 valence electrons. The van der Waals surface area contributed by atoms with Crippen LogP contribution in [0.2, 0.25) is 0 Å². The molecule has 31 heavy (non-hydrogen) atoms. The molecule has 1 N–H and O–H groups in total. The molecule has 1 amide bonds. The molecule has 0 aliphatic rings. The number of ether oxygens (including phenoxy) is 1. The number of esters is 1. The maximum Gasteiger partial charge on any atom is 0.329 e. The first-order chi connectivity index (χ1) is 14.9. The molecule has 0 unspecified atom stereocenters. The van der Waals surface area contributed by atoms with E-state index in [4.69, 9.17) is 4.74 Å². The molecule has 3 rings (SSSR count). The van der Waals surface area contributed by atoms with E-state index >= 15 is 0 Å². The van der Waals surface area contributed by atoms with Gasteiger partial charge in [-0.3, -0.25) is 9.59 Å². The molecule has 3 aromatic carbocycles. The lowest BCUT2D eigenvalue weighted by Crippen LogP contribution is -2.43. The van der Waals surface area contributed by atoms with Crippen LogP contribution in [0.3, 0.4) is 0 Å². The van der Waals surface area contributed by atoms with Crippen LogP contribution < -0.4 is 5.32 Å². The SMILES string of the molecule is Cc1ccc(C(=O)COC(=O)[C@@H](Cc2ccccc2)NC(=O)c2ccccc2)c(C)c1. The van der Waals surface area contributed by atoms with Gasteiger partial charge in [0.15, 0.2) is 6.61 Å². The zero-order valence-electron chi connectivity index (χ0n) is 17.6. The molecule has 3 aromatic rings. The van der Waals surface area contributed by atoms with Gasteiger partial charge in [0.05, 0.1) is 0 Å². The number of hydrogen-bond donors (Lipinski definition) is 1. The van der Waals surface area contributed by atoms with Gasteiger partial charge in [0.25, 0.3) is 5.91 Å². The van der Waals surface area contributed by atoms with Gasteiger partial charge in [-0.2, -0.15) is 0 Å². The number of carbonyl (C=O) groups excluding carboxylic acids is 3. The molecule has 0 saturated heterocycles. The van der Waals surface area contributed by atoms with E-state index in [0.717, 1.165) is 16.7 Å². The first-order valence-corrected chi connectivity index (χ1v) is 10.1. The molecule has 1 atom stereocenters. The summed E-state index contributed by atoms with van der Waals surface area (Å²) in [5, 5.41) is 2.74. The monoisotopic (exact) mass is 415 g/mol. The molecular formula is C26H25NO4. The van der Waals surface area contributed by atoms with Crippen LogP contribution in [0.1, 0.15) is 37.4 Å². The number of carbonyl (C=O) groups is 3. The van der Waals surface area contributed by atoms with Crippen LogP contribution >= 0.6 is 0 Å². The highest BCUT2D eigenvalue weighted by Crippen LogP contribution is 2.12. The highest BCUT2D eigenvalue weighted by atomic mass is 16.5. The molecule has 0 aromatic heterocycles. The van der Waals surface area contributed by atoms with E-state index in [0.29, 0.717) is 11.1 Å². The molecule has 0 radical (unpaired) electrons. The van der Waals surface area contributed by atoms with Gasteiger partial charge in [-0.15, -0.1) is 0 Å². The minimum atomic E-state index is -0.915. The van der Waals surface area contributed by atoms with Crippen molar-refractivity contribution in [1.82, 2.24) is 5.32 Å². The summed E-state index contributed by atoms with van der Waals surface area (Å²) in [6.45, 7) is 3.42. The predicted molar refractivity (Wildman–Crippen MR) is 119 cm³/mol. The van der Waals surface area contributed by atoms with E-state index in [2.05, 4.69) is 5.32 Å². The lowest BCUT2D eigenvalue weighted by molar-refractivity contribution is -0.144. The summed E-state index contributed by atoms with van der Waals surface area (Å²) in [6.07, 6.45) is 0.260. The Morgan fingerprint density at radius 1 is 0.871 bits per heavy atom. The van der Waals surface area contributed by atoms with Crippen LogP contribution in [0.15, 0.2) is 78.9 Å². The summed E-state index contributed by atoms with van der Waals surface area (Å²) in [5.41, 5.74) is 3.72. The Morgan fingerprint density at radius 2 is 1.52 bits per heavy atom. The fourth-order valence-electron chi connectivity index (χ4n) is 3.32. The first-order valence-electron chi connectivity index (χ1n) is 10.1. The van der Waals surface area contributed by atoms with Gasteiger partial charge in [-0.05, 0) is 37.1 Å². The number of aryl methyl sites for hydroxylation is 2. The molecule has 0 bridgehead atoms. The van der Waals surface area contributed by atoms with Gasteiger partial charge >= 0.3 is 5.97 Å². The highest BCUT2D eigenvalue weighted by Gasteiger charge is 2.24. The summed E-state index contributed by atoms with van der Waals surface area (Å²) in [6, 6.07) is 22.6. The minimum Gasteiger partial charge on any atom is -0.456 e. The molecule has 5 heteroatoms. The Morgan fingerprint density at radius 3 is 2.16 bits per heavy atom. The van der Waals surface area contributed by atoms with Crippen molar-refractivity contribution in [3.05, 3.63) is 107 Å². The fraction of sp³-hybridized carbons (Fsp3) is 0.192. The Hall–Kier alpha value is -3.73. The number of ketones is 1. The summed E-state index contributed by atoms with van der Waals surface area (Å²) < 4.78 is 5.31. The summed E-state index contributed by atoms with van der Waals surface area (Å²) in [4.78, 5) is 37.9. The molecule has 0 heterocycles. The first kappa shape index (κ1) is 22.0. The van der Waals surface area contributed by atoms with Crippen molar-refractivity contribution in [1.29, 1.82) is 0 Å². The van der Waals surface area contributed by atoms with Crippen LogP contribution in [0.5, 0.6) is 0 Å². The molecule has 5 nitrogen and oxygen atoms in total. The van der Waals surface area contributed by atoms with E-state index in [9.17, 15) is 14.4 Å². The molecule has 0 aliphatic carbocycles. The number of hydrogen-bond acceptors (Lipinski definition) is 4. The Balaban J connectivity index is 1.70. The van der Waals surface area contributed by atoms with Crippen molar-refractivity contribution in [2.45, 2.75) is 26.3 Å². The van der Waals surface area contributed by atoms with Crippen LogP contribution in [0.4, 0.5) is 0 Å². The van der Waals surface area contributed by atoms with Crippen molar-refractivity contribution in [3.63, 3.8) is 0 Å². The van der Waals surface area contributed by atoms with Crippen molar-refractivity contribution < 1.29 is 19.1 Å². The average Bonchev–Trinajstić information content (AvgIpc) is 2.78. The number of Topliss-reactive ketones (excluding diaryl/α,β-unsaturated/α-hetero) is 1. The van der Waals surface area contributed by atoms with Gasteiger partial charge < -0.3 is 10.1 Å². The van der Waals surface area contributed by atoms with Crippen molar-refractivity contribution in [2.75, 3.05) is 6.61 Å². The maximum atomic E-state index is 12.8. The van der Waals surface area contributed by atoms with Crippen LogP contribution in [0.25, 0.3) is 0 Å². The third kappa shape index (κ3) is 6.12. The molecule has 0 spiro atoms. The summed E-state index contributed by atoms with van der Waals surface area (Å²) in [7, 11) is 0. The smallest absolute Gasteiger partial charge is 0.329 e. The van der Waals surface area contributed by atoms with Gasteiger partial charge in [0, 0.05) is 17.5 Å². The third-order valence-electron chi connectivity index (χ3n) is 4.94. The predicted octanol–water partition coefficient (Wildman–Crippen LogP) is 4.07. The number of amides is 1. The summed E-state index contributed by atoms with van der Waals surface area (Å²) in [5.74, 6) is -1.30. The van der Waals surface area contributed by atoms with Crippen molar-refractivity contribution in [3.8, 4) is 0 Å². The Kier molecular flexibility index (Phi) is 7.33. The zero-order chi connectivity index (χ0) is 22.2. The van der Waals surface area contributed by atoms with E-state index in [1.165, 1.54) is 0 Å². The van der Waals surface area contributed by atoms with E-state index < -0.39 is 12.0 Å². The summed E-state index contributed by atoms with van der Waals surface area (Å²) >= 11 is 0. The lowest BCUT2D eigenvalue weighted by atomic mass is 10.0. The Bertz CT molecular complexity index is 1060. The minimum absolute atomic E-state index is 0.260. The second kappa shape index (κ2) is 10.3. The number of benzene rings is 3. The fourth-order valence-corrected chi connectivity index (χ4v) is 3.32. The highest BCUT2D eigenvalue weighted by molar-refractivity contribution is 6.00. The third-order valence-corrected chi connectivity index (χ3v) is 4.94. The normalized spacial score (nSPS) is 11.4. The van der Waals surface area contributed by atoms with E-state index in [1.807, 2.05) is 62.4 Å². The second-order valence-electron chi connectivity index (χ2n) is 7.43. The molecule has 0 aliphatic heterocycles. The number of nitrogens with one attached hydrogen (secondary N) is 1. The van der Waals surface area contributed by atoms with Crippen LogP contribution in [-0.2, 0) is 16.0 Å². The lowest BCUT2D eigenvalue weighted by Gasteiger charge is -2.18. The van der Waals surface area contributed by atoms with E-state index in [1.54, 1.807) is 30.3 Å². The van der Waals surface area contributed by atoms with Crippen molar-refractivity contribution in [2.24, 2.45) is 0 Å². The van der Waals surface area contributed by atoms with E-state index in [-0.39, 0.29) is 24.7 Å². The number of rotatable bonds is 8. The quantitative estimate of drug-likeness (QED) is 0.445. The Labute approximate surface area is 182 Å². The standard InChI is InChI=1S/C26H25NO4/c1-18-13-14-22(19(2)15-18)24(28)17-31-26(30)23(16-20-9-5-3-6-10-20)27-25(29)21-11-7-4-8-12-21/h3-15,23H,16-17H2,1-2H3,(H,27,29)/t23-/m1/s1. The zero-order valence-corrected chi connectivity index (χ0v) is 17.6. The molecule has 0 saturated carbocycles. The van der Waals surface area contributed by atoms with Gasteiger partial charge in [-0.1, -0.05) is 72.3 Å². The van der Waals surface area contributed by atoms with Gasteiger partial charge in [0.1, 0.15) is 6.04 Å². The van der Waals surface area contributed by atoms with Crippen LogP contribution in [0, 0.1) is 13.8 Å². The molecule has 0 fully saturated rings.